The van der Waals surface area contributed by atoms with E-state index in [1.54, 1.807) is 0 Å². The van der Waals surface area contributed by atoms with E-state index in [4.69, 9.17) is 25.0 Å². The molecule has 3 unspecified atom stereocenters. The zero-order valence-electron chi connectivity index (χ0n) is 52.9. The number of hydrogen-bond donors (Lipinski definition) is 11. The second kappa shape index (κ2) is 28.6. The lowest BCUT2D eigenvalue weighted by Gasteiger charge is -2.43. The quantitative estimate of drug-likeness (QED) is 0.00885. The first-order valence-electron chi connectivity index (χ1n) is 30.0. The fraction of sp³-hybridized carbons (Fsp3) is 0.500. The van der Waals surface area contributed by atoms with E-state index >= 15 is 0 Å². The predicted octanol–water partition coefficient (Wildman–Crippen LogP) is 6.70. The van der Waals surface area contributed by atoms with E-state index in [0.29, 0.717) is 55.6 Å². The number of fused-ring (bicyclic) bond motifs is 4. The Balaban J connectivity index is 0.912. The Bertz CT molecular complexity index is 4230. The molecule has 31 nitrogen and oxygen atoms in total. The summed E-state index contributed by atoms with van der Waals surface area (Å²) in [5.41, 5.74) is 9.83. The summed E-state index contributed by atoms with van der Waals surface area (Å²) in [6, 6.07) is 8.43. The van der Waals surface area contributed by atoms with Gasteiger partial charge in [-0.05, 0) is 95.7 Å². The van der Waals surface area contributed by atoms with Crippen LogP contribution < -0.4 is 31.6 Å². The van der Waals surface area contributed by atoms with Gasteiger partial charge in [-0.2, -0.15) is 26.6 Å². The third-order valence-corrected chi connectivity index (χ3v) is 21.7. The minimum absolute atomic E-state index is 0.0586. The van der Waals surface area contributed by atoms with E-state index in [9.17, 15) is 69.2 Å². The lowest BCUT2D eigenvalue weighted by Crippen LogP contribution is -2.45. The van der Waals surface area contributed by atoms with Crippen molar-refractivity contribution in [3.05, 3.63) is 106 Å². The van der Waals surface area contributed by atoms with Gasteiger partial charge in [0.2, 0.25) is 23.5 Å². The first kappa shape index (κ1) is 73.7. The fourth-order valence-electron chi connectivity index (χ4n) is 12.0. The van der Waals surface area contributed by atoms with Crippen LogP contribution in [0.25, 0.3) is 22.3 Å². The third-order valence-electron chi connectivity index (χ3n) is 16.3. The number of nitrogen functional groups attached to an aromatic ring is 1. The number of aromatic nitrogens is 4. The van der Waals surface area contributed by atoms with Crippen molar-refractivity contribution >= 4 is 101 Å². The number of anilines is 3. The minimum atomic E-state index is -5.88. The Hall–Kier alpha value is -6.06. The van der Waals surface area contributed by atoms with Gasteiger partial charge in [0.1, 0.15) is 36.4 Å². The molecule has 0 saturated carbocycles. The van der Waals surface area contributed by atoms with E-state index in [1.807, 2.05) is 48.0 Å². The molecule has 1 amide bonds. The number of unbranched alkanes of at least 4 members (excludes halogenated alkanes) is 3. The maximum atomic E-state index is 13.4. The monoisotopic (exact) mass is 1410 g/mol. The van der Waals surface area contributed by atoms with Crippen LogP contribution in [0.4, 0.5) is 23.3 Å². The number of phosphoric acid groups is 3. The smallest absolute Gasteiger partial charge is 0.490 e. The van der Waals surface area contributed by atoms with E-state index in [-0.39, 0.29) is 77.2 Å². The summed E-state index contributed by atoms with van der Waals surface area (Å²) in [6.07, 6.45) is 9.43. The number of nitrogens with one attached hydrogen (secondary N) is 3. The highest BCUT2D eigenvalue weighted by atomic mass is 32.2. The zero-order valence-corrected chi connectivity index (χ0v) is 57.2. The predicted molar refractivity (Wildman–Crippen MR) is 346 cm³/mol. The van der Waals surface area contributed by atoms with Crippen molar-refractivity contribution in [2.24, 2.45) is 5.41 Å². The number of phosphoric ester groups is 1. The topological polar surface area (TPSA) is 467 Å². The standard InChI is InChI=1S/C58H80N9O22P3S2/c1-9-66-42-32-43-39(31-38(42)35(2)33-57(66,6)7)36(29-46(86-43)56(3,4)5)19-13-12-14-20-45-58(8,40-30-37(94(82,83)84)22-23-41(40)65(45)27-18-28-93(79,80)81)24-17-21-47(68)60-25-15-10-11-16-26-61-55-62-48-51(63-54(59)64-52(48)71)67(55)53-50(70)49(69)44(87-53)34-85-91(75,76)89-92(77,78)88-90(72,73)74/h12-14,19-20,22-23,29-33,44,49-50,53,69-70H,9-11,15-18,21,24-28,34H2,1-8H3,(H10-,59,60,61,62,63,64,68,71,72,73,74,75,76,77,78,79,80,81,82,83,84)/t44-,49-,50-,53-,58?/m1/s1. The minimum Gasteiger partial charge on any atom is -0.748 e. The molecular formula is C58H80N9O22P3S2. The van der Waals surface area contributed by atoms with E-state index in [1.165, 1.54) is 18.2 Å². The number of benzene rings is 2. The molecule has 0 aliphatic carbocycles. The van der Waals surface area contributed by atoms with Crippen molar-refractivity contribution in [2.75, 3.05) is 54.5 Å². The molecule has 36 heteroatoms. The first-order valence-corrected chi connectivity index (χ1v) is 37.6. The van der Waals surface area contributed by atoms with Crippen LogP contribution in [0.2, 0.25) is 0 Å². The lowest BCUT2D eigenvalue weighted by molar-refractivity contribution is -0.437. The average Bonchev–Trinajstić information content (AvgIpc) is 1.50. The number of nitrogens with zero attached hydrogens (tertiary/aromatic N) is 5. The summed E-state index contributed by atoms with van der Waals surface area (Å²) in [5.74, 6) is 0.137. The number of aromatic amines is 1. The summed E-state index contributed by atoms with van der Waals surface area (Å²) in [7, 11) is -26.5. The number of nitrogens with two attached hydrogens (primary N) is 1. The number of hydrogen-bond acceptors (Lipinski definition) is 22. The van der Waals surface area contributed by atoms with E-state index < -0.39 is 91.6 Å². The van der Waals surface area contributed by atoms with Crippen molar-refractivity contribution in [1.82, 2.24) is 24.8 Å². The second-order valence-electron chi connectivity index (χ2n) is 24.9. The van der Waals surface area contributed by atoms with Gasteiger partial charge < -0.3 is 65.1 Å². The molecule has 6 heterocycles. The molecule has 94 heavy (non-hydrogen) atoms. The molecule has 4 aromatic rings. The number of carbonyl (C=O) groups is 1. The van der Waals surface area contributed by atoms with Gasteiger partial charge in [-0.3, -0.25) is 28.2 Å². The van der Waals surface area contributed by atoms with Crippen LogP contribution in [0.5, 0.6) is 5.75 Å². The number of ether oxygens (including phenoxy) is 2. The number of allylic oxidation sites excluding steroid dienone is 9. The Morgan fingerprint density at radius 3 is 2.29 bits per heavy atom. The number of likely N-dealkylation sites (N-methyl/N-ethyl adjacent to an activating group) is 1. The molecule has 0 bridgehead atoms. The SMILES string of the molecule is CCN1c2cc3c(cc2C(C)=CC1(C)C)C(=CC=CC=CC1=[N+](CCCS(=O)(=O)[O-])c2ccc(S(=O)(=O)O)cc2C1(C)CCCC(=O)NCCCCCCNc1nc2c(=O)[nH]c(N)nc2n1[C@@H]1O[C@H](COP(=O)(O)OP(=O)(O)OP(=O)(O)O)[C@@H](O)[C@H]1O)C=C(C(C)(C)C)O3. The van der Waals surface area contributed by atoms with Gasteiger partial charge in [-0.15, -0.1) is 0 Å². The summed E-state index contributed by atoms with van der Waals surface area (Å²) in [5, 5.41) is 27.9. The zero-order chi connectivity index (χ0) is 69.3. The van der Waals surface area contributed by atoms with Gasteiger partial charge in [0, 0.05) is 84.2 Å². The van der Waals surface area contributed by atoms with Gasteiger partial charge in [0.25, 0.3) is 15.7 Å². The van der Waals surface area contributed by atoms with E-state index in [2.05, 4.69) is 110 Å². The summed E-state index contributed by atoms with van der Waals surface area (Å²) in [6.45, 7) is 17.0. The molecular weight excluding hydrogens is 1330 g/mol. The van der Waals surface area contributed by atoms with Crippen LogP contribution in [-0.4, -0.2) is 154 Å². The molecule has 1 saturated heterocycles. The normalized spacial score (nSPS) is 22.5. The van der Waals surface area contributed by atoms with Crippen LogP contribution in [0, 0.1) is 5.41 Å². The molecule has 0 spiro atoms. The molecule has 4 aliphatic heterocycles. The van der Waals surface area contributed by atoms with Crippen molar-refractivity contribution in [3.8, 4) is 5.75 Å². The number of aliphatic hydroxyl groups excluding tert-OH is 2. The summed E-state index contributed by atoms with van der Waals surface area (Å²) < 4.78 is 133. The van der Waals surface area contributed by atoms with Crippen LogP contribution in [-0.2, 0) is 62.0 Å². The molecule has 1 fully saturated rings. The van der Waals surface area contributed by atoms with Gasteiger partial charge >= 0.3 is 23.5 Å². The highest BCUT2D eigenvalue weighted by molar-refractivity contribution is 7.86. The van der Waals surface area contributed by atoms with Crippen molar-refractivity contribution in [1.29, 1.82) is 0 Å². The third kappa shape index (κ3) is 17.7. The maximum Gasteiger partial charge on any atom is 0.490 e. The molecule has 7 atom stereocenters. The lowest BCUT2D eigenvalue weighted by atomic mass is 9.75. The van der Waals surface area contributed by atoms with Crippen LogP contribution >= 0.6 is 23.5 Å². The Morgan fingerprint density at radius 1 is 0.926 bits per heavy atom. The Morgan fingerprint density at radius 2 is 1.63 bits per heavy atom. The van der Waals surface area contributed by atoms with Gasteiger partial charge in [0.15, 0.2) is 23.1 Å². The highest BCUT2D eigenvalue weighted by Gasteiger charge is 2.50. The maximum absolute atomic E-state index is 13.4. The van der Waals surface area contributed by atoms with Gasteiger partial charge in [-0.25, -0.2) is 27.1 Å². The van der Waals surface area contributed by atoms with E-state index in [0.717, 1.165) is 50.6 Å². The van der Waals surface area contributed by atoms with Crippen LogP contribution in [0.1, 0.15) is 130 Å². The highest BCUT2D eigenvalue weighted by Crippen LogP contribution is 2.66. The first-order chi connectivity index (χ1) is 43.6. The largest absolute Gasteiger partial charge is 0.748 e. The van der Waals surface area contributed by atoms with Crippen molar-refractivity contribution in [3.63, 3.8) is 0 Å². The Kier molecular flexibility index (Phi) is 22.4. The number of imidazole rings is 1. The molecule has 0 radical (unpaired) electrons. The summed E-state index contributed by atoms with van der Waals surface area (Å²) in [4.78, 5) is 76.1. The van der Waals surface area contributed by atoms with Gasteiger partial charge in [-0.1, -0.05) is 64.0 Å². The number of carbonyl (C=O) groups excluding carboxylic acids is 1. The molecule has 4 aliphatic rings. The Labute approximate surface area is 543 Å². The molecule has 8 rings (SSSR count). The van der Waals surface area contributed by atoms with Crippen LogP contribution in [0.15, 0.2) is 88.3 Å². The van der Waals surface area contributed by atoms with Crippen molar-refractivity contribution in [2.45, 2.75) is 147 Å². The number of rotatable bonds is 29. The van der Waals surface area contributed by atoms with Crippen molar-refractivity contribution < 1.29 is 101 Å². The molecule has 2 aromatic heterocycles. The second-order valence-corrected chi connectivity index (χ2v) is 32.2. The molecule has 12 N–H and O–H groups in total. The molecule has 516 valence electrons. The molecule has 2 aromatic carbocycles. The number of aliphatic hydroxyl groups is 2. The van der Waals surface area contributed by atoms with Crippen LogP contribution in [0.3, 0.4) is 0 Å². The van der Waals surface area contributed by atoms with Gasteiger partial charge in [0.05, 0.1) is 32.6 Å². The fourth-order valence-corrected chi connectivity index (χ4v) is 16.0. The number of amides is 1. The number of H-pyrrole nitrogens is 1. The average molecular weight is 1410 g/mol. The summed E-state index contributed by atoms with van der Waals surface area (Å²) >= 11 is 0.